The van der Waals surface area contributed by atoms with Gasteiger partial charge in [-0.3, -0.25) is 14.9 Å². The van der Waals surface area contributed by atoms with E-state index in [-0.39, 0.29) is 35.4 Å². The zero-order valence-electron chi connectivity index (χ0n) is 18.3. The summed E-state index contributed by atoms with van der Waals surface area (Å²) < 4.78 is 26.9. The minimum atomic E-state index is -3.55. The van der Waals surface area contributed by atoms with Gasteiger partial charge < -0.3 is 10.6 Å². The average Bonchev–Trinajstić information content (AvgIpc) is 2.76. The van der Waals surface area contributed by atoms with Crippen molar-refractivity contribution < 1.29 is 8.42 Å². The van der Waals surface area contributed by atoms with Crippen molar-refractivity contribution in [1.29, 1.82) is 0 Å². The maximum Gasteiger partial charge on any atom is 0.242 e. The van der Waals surface area contributed by atoms with Crippen molar-refractivity contribution in [3.63, 3.8) is 0 Å². The zero-order chi connectivity index (χ0) is 21.8. The summed E-state index contributed by atoms with van der Waals surface area (Å²) in [6.07, 6.45) is 3.82. The molecule has 0 aliphatic heterocycles. The first kappa shape index (κ1) is 27.3. The Kier molecular flexibility index (Phi) is 12.6. The summed E-state index contributed by atoms with van der Waals surface area (Å²) in [5.74, 6) is 0.647. The smallest absolute Gasteiger partial charge is 0.242 e. The van der Waals surface area contributed by atoms with Crippen LogP contribution < -0.4 is 15.4 Å². The lowest BCUT2D eigenvalue weighted by atomic mass is 10.1. The molecule has 0 amide bonds. The molecule has 1 aromatic carbocycles. The molecule has 1 aromatic heterocycles. The Morgan fingerprint density at radius 2 is 1.81 bits per heavy atom. The van der Waals surface area contributed by atoms with Crippen LogP contribution in [0.25, 0.3) is 0 Å². The number of nitrogens with one attached hydrogen (secondary N) is 3. The Hall–Kier alpha value is -1.76. The van der Waals surface area contributed by atoms with Crippen LogP contribution in [0.1, 0.15) is 18.9 Å². The van der Waals surface area contributed by atoms with Gasteiger partial charge in [-0.05, 0) is 38.1 Å². The van der Waals surface area contributed by atoms with E-state index in [1.807, 2.05) is 6.07 Å². The molecule has 0 fully saturated rings. The second kappa shape index (κ2) is 14.3. The number of benzene rings is 1. The highest BCUT2D eigenvalue weighted by Crippen LogP contribution is 2.08. The summed E-state index contributed by atoms with van der Waals surface area (Å²) in [4.78, 5) is 10.5. The number of hydrogen-bond acceptors (Lipinski definition) is 5. The molecule has 1 atom stereocenters. The topological polar surface area (TPSA) is 98.7 Å². The highest BCUT2D eigenvalue weighted by atomic mass is 127. The Balaban J connectivity index is 0.00000480. The van der Waals surface area contributed by atoms with Gasteiger partial charge in [0.05, 0.1) is 0 Å². The molecule has 3 N–H and O–H groups in total. The summed E-state index contributed by atoms with van der Waals surface area (Å²) in [7, 11) is 0.272. The molecule has 10 heteroatoms. The van der Waals surface area contributed by atoms with E-state index in [4.69, 9.17) is 0 Å². The van der Waals surface area contributed by atoms with Crippen molar-refractivity contribution in [3.8, 4) is 0 Å². The molecule has 1 heterocycles. The summed E-state index contributed by atoms with van der Waals surface area (Å²) in [6.45, 7) is 4.54. The quantitative estimate of drug-likeness (QED) is 0.169. The molecular formula is C21H33IN6O2S. The van der Waals surface area contributed by atoms with E-state index < -0.39 is 10.0 Å². The van der Waals surface area contributed by atoms with E-state index in [0.29, 0.717) is 18.5 Å². The van der Waals surface area contributed by atoms with Gasteiger partial charge in [-0.2, -0.15) is 0 Å². The van der Waals surface area contributed by atoms with Crippen LogP contribution in [0, 0.1) is 0 Å². The molecule has 0 saturated carbocycles. The van der Waals surface area contributed by atoms with E-state index in [0.717, 1.165) is 19.5 Å². The Morgan fingerprint density at radius 3 is 2.45 bits per heavy atom. The SMILES string of the molecule is CN=C(NCCNS(=O)(=O)c1cccnc1)NCCC(C)N(C)Cc1ccccc1.I. The van der Waals surface area contributed by atoms with Gasteiger partial charge >= 0.3 is 0 Å². The molecule has 2 aromatic rings. The number of hydrogen-bond donors (Lipinski definition) is 3. The monoisotopic (exact) mass is 560 g/mol. The number of pyridine rings is 1. The largest absolute Gasteiger partial charge is 0.356 e. The van der Waals surface area contributed by atoms with E-state index in [1.165, 1.54) is 24.0 Å². The third-order valence-electron chi connectivity index (χ3n) is 4.76. The van der Waals surface area contributed by atoms with Crippen molar-refractivity contribution in [3.05, 3.63) is 60.4 Å². The fourth-order valence-corrected chi connectivity index (χ4v) is 3.82. The molecule has 2 rings (SSSR count). The summed E-state index contributed by atoms with van der Waals surface area (Å²) >= 11 is 0. The number of sulfonamides is 1. The molecule has 0 bridgehead atoms. The van der Waals surface area contributed by atoms with Crippen LogP contribution >= 0.6 is 24.0 Å². The number of halogens is 1. The second-order valence-electron chi connectivity index (χ2n) is 7.05. The van der Waals surface area contributed by atoms with Gasteiger partial charge in [0, 0.05) is 51.7 Å². The van der Waals surface area contributed by atoms with Gasteiger partial charge in [-0.1, -0.05) is 30.3 Å². The number of rotatable bonds is 11. The number of guanidine groups is 1. The summed E-state index contributed by atoms with van der Waals surface area (Å²) in [5, 5.41) is 6.39. The van der Waals surface area contributed by atoms with Crippen LogP contribution in [0.3, 0.4) is 0 Å². The number of nitrogens with zero attached hydrogens (tertiary/aromatic N) is 3. The fourth-order valence-electron chi connectivity index (χ4n) is 2.82. The Morgan fingerprint density at radius 1 is 1.10 bits per heavy atom. The van der Waals surface area contributed by atoms with Crippen LogP contribution in [0.4, 0.5) is 0 Å². The molecule has 0 saturated heterocycles. The lowest BCUT2D eigenvalue weighted by molar-refractivity contribution is 0.238. The van der Waals surface area contributed by atoms with E-state index in [1.54, 1.807) is 13.1 Å². The molecule has 0 radical (unpaired) electrons. The van der Waals surface area contributed by atoms with Crippen molar-refractivity contribution >= 4 is 40.0 Å². The van der Waals surface area contributed by atoms with Crippen molar-refractivity contribution in [2.45, 2.75) is 30.8 Å². The van der Waals surface area contributed by atoms with Crippen molar-refractivity contribution in [2.24, 2.45) is 4.99 Å². The Bertz CT molecular complexity index is 881. The van der Waals surface area contributed by atoms with Crippen LogP contribution in [0.5, 0.6) is 0 Å². The lowest BCUT2D eigenvalue weighted by Gasteiger charge is -2.25. The lowest BCUT2D eigenvalue weighted by Crippen LogP contribution is -2.43. The fraction of sp³-hybridized carbons (Fsp3) is 0.429. The van der Waals surface area contributed by atoms with Gasteiger partial charge in [-0.15, -0.1) is 24.0 Å². The zero-order valence-corrected chi connectivity index (χ0v) is 21.4. The van der Waals surface area contributed by atoms with Gasteiger partial charge in [0.1, 0.15) is 4.90 Å². The number of aromatic nitrogens is 1. The minimum Gasteiger partial charge on any atom is -0.356 e. The molecule has 172 valence electrons. The standard InChI is InChI=1S/C21H32N6O2S.HI/c1-18(27(3)17-19-8-5-4-6-9-19)11-13-24-21(22-2)25-14-15-26-30(28,29)20-10-7-12-23-16-20;/h4-10,12,16,18,26H,11,13-15,17H2,1-3H3,(H2,22,24,25);1H. The predicted octanol–water partition coefficient (Wildman–Crippen LogP) is 2.05. The van der Waals surface area contributed by atoms with Crippen molar-refractivity contribution in [1.82, 2.24) is 25.2 Å². The van der Waals surface area contributed by atoms with Gasteiger partial charge in [0.25, 0.3) is 0 Å². The molecule has 31 heavy (non-hydrogen) atoms. The molecule has 0 aliphatic carbocycles. The number of aliphatic imine (C=N–C) groups is 1. The van der Waals surface area contributed by atoms with Crippen LogP contribution in [-0.2, 0) is 16.6 Å². The normalized spacial score (nSPS) is 12.8. The summed E-state index contributed by atoms with van der Waals surface area (Å²) in [5.41, 5.74) is 1.30. The molecular weight excluding hydrogens is 527 g/mol. The van der Waals surface area contributed by atoms with E-state index >= 15 is 0 Å². The molecule has 1 unspecified atom stereocenters. The van der Waals surface area contributed by atoms with Crippen LogP contribution in [0.2, 0.25) is 0 Å². The maximum atomic E-state index is 12.2. The van der Waals surface area contributed by atoms with Crippen LogP contribution in [0.15, 0.2) is 64.7 Å². The predicted molar refractivity (Wildman–Crippen MR) is 136 cm³/mol. The van der Waals surface area contributed by atoms with Crippen LogP contribution in [-0.4, -0.2) is 64.0 Å². The first-order valence-electron chi connectivity index (χ1n) is 10.0. The first-order chi connectivity index (χ1) is 14.4. The minimum absolute atomic E-state index is 0. The Labute approximate surface area is 203 Å². The van der Waals surface area contributed by atoms with Gasteiger partial charge in [0.15, 0.2) is 5.96 Å². The third-order valence-corrected chi connectivity index (χ3v) is 6.21. The highest BCUT2D eigenvalue weighted by Gasteiger charge is 2.13. The molecule has 0 aliphatic rings. The molecule has 0 spiro atoms. The molecule has 8 nitrogen and oxygen atoms in total. The van der Waals surface area contributed by atoms with E-state index in [9.17, 15) is 8.42 Å². The van der Waals surface area contributed by atoms with Gasteiger partial charge in [-0.25, -0.2) is 13.1 Å². The van der Waals surface area contributed by atoms with E-state index in [2.05, 4.69) is 68.5 Å². The summed E-state index contributed by atoms with van der Waals surface area (Å²) in [6, 6.07) is 13.9. The first-order valence-corrected chi connectivity index (χ1v) is 11.5. The highest BCUT2D eigenvalue weighted by molar-refractivity contribution is 14.0. The third kappa shape index (κ3) is 9.93. The maximum absolute atomic E-state index is 12.2. The average molecular weight is 561 g/mol. The second-order valence-corrected chi connectivity index (χ2v) is 8.82. The van der Waals surface area contributed by atoms with Gasteiger partial charge in [0.2, 0.25) is 10.0 Å². The van der Waals surface area contributed by atoms with Crippen molar-refractivity contribution in [2.75, 3.05) is 33.7 Å².